The van der Waals surface area contributed by atoms with Crippen molar-refractivity contribution in [3.8, 4) is 17.2 Å². The van der Waals surface area contributed by atoms with Crippen molar-refractivity contribution in [3.63, 3.8) is 0 Å². The van der Waals surface area contributed by atoms with Gasteiger partial charge in [0.1, 0.15) is 49.6 Å². The Kier molecular flexibility index (Phi) is 20.6. The molecule has 1 saturated heterocycles. The summed E-state index contributed by atoms with van der Waals surface area (Å²) in [6, 6.07) is 46.9. The molecular weight excluding hydrogens is 920 g/mol. The molecule has 0 radical (unpaired) electrons. The highest BCUT2D eigenvalue weighted by atomic mass is 79.9. The average Bonchev–Trinajstić information content (AvgIpc) is 3.86. The molecule has 7 rings (SSSR count). The van der Waals surface area contributed by atoms with E-state index in [0.29, 0.717) is 44.2 Å². The third-order valence-corrected chi connectivity index (χ3v) is 10.9. The van der Waals surface area contributed by atoms with Gasteiger partial charge in [-0.3, -0.25) is 9.59 Å². The van der Waals surface area contributed by atoms with E-state index < -0.39 is 0 Å². The summed E-state index contributed by atoms with van der Waals surface area (Å²) in [6.07, 6.45) is 8.83. The van der Waals surface area contributed by atoms with Crippen molar-refractivity contribution < 1.29 is 33.3 Å². The topological polar surface area (TPSA) is 80.3 Å². The van der Waals surface area contributed by atoms with Gasteiger partial charge in [0.25, 0.3) is 0 Å². The Morgan fingerprint density at radius 1 is 0.571 bits per heavy atom. The first kappa shape index (κ1) is 48.5. The molecule has 9 heteroatoms. The second-order valence-electron chi connectivity index (χ2n) is 15.0. The third-order valence-electron chi connectivity index (χ3n) is 9.64. The Labute approximate surface area is 389 Å². The van der Waals surface area contributed by atoms with Crippen LogP contribution in [0.15, 0.2) is 178 Å². The molecule has 0 aromatic heterocycles. The van der Waals surface area contributed by atoms with E-state index in [9.17, 15) is 9.59 Å². The summed E-state index contributed by atoms with van der Waals surface area (Å²) < 4.78 is 30.1. The number of benzene rings is 6. The fourth-order valence-electron chi connectivity index (χ4n) is 6.19. The van der Waals surface area contributed by atoms with Crippen LogP contribution in [0.25, 0.3) is 0 Å². The Bertz CT molecular complexity index is 2370. The van der Waals surface area contributed by atoms with Gasteiger partial charge in [-0.25, -0.2) is 0 Å². The molecule has 0 unspecified atom stereocenters. The Morgan fingerprint density at radius 3 is 1.51 bits per heavy atom. The standard InChI is InChI=1S/C24H28O2.C16H15BrO3.C14H11BrO2/c1-19(2)8-7-9-20(3)12-14-23-16-22(17-25)13-15-24(23)26-18-21-10-5-4-6-11-21;17-14-10-13(16-18-8-9-19-16)6-7-15(14)20-11-12-4-2-1-3-5-12;15-13-8-12(9-16)6-7-14(13)17-10-11-4-2-1-3-5-11/h4-6,8,10-13,15-17H,7,9,14,18H2,1-3H3;1-7,10,16H,8-9,11H2;1-9H,10H2/b20-12+;;. The first-order valence-electron chi connectivity index (χ1n) is 20.9. The lowest BCUT2D eigenvalue weighted by atomic mass is 10.0. The quantitative estimate of drug-likeness (QED) is 0.0665. The van der Waals surface area contributed by atoms with E-state index in [2.05, 4.69) is 64.8 Å². The minimum Gasteiger partial charge on any atom is -0.489 e. The zero-order valence-electron chi connectivity index (χ0n) is 36.0. The van der Waals surface area contributed by atoms with Crippen molar-refractivity contribution >= 4 is 44.4 Å². The minimum atomic E-state index is -0.255. The molecule has 63 heavy (non-hydrogen) atoms. The van der Waals surface area contributed by atoms with Crippen LogP contribution in [0.2, 0.25) is 0 Å². The van der Waals surface area contributed by atoms with Crippen LogP contribution in [-0.2, 0) is 35.7 Å². The van der Waals surface area contributed by atoms with Gasteiger partial charge in [0, 0.05) is 16.7 Å². The zero-order chi connectivity index (χ0) is 44.7. The van der Waals surface area contributed by atoms with Crippen LogP contribution in [0.1, 0.15) is 88.4 Å². The lowest BCUT2D eigenvalue weighted by Crippen LogP contribution is -2.00. The van der Waals surface area contributed by atoms with Gasteiger partial charge >= 0.3 is 0 Å². The van der Waals surface area contributed by atoms with Gasteiger partial charge < -0.3 is 23.7 Å². The molecule has 0 atom stereocenters. The summed E-state index contributed by atoms with van der Waals surface area (Å²) >= 11 is 6.91. The maximum Gasteiger partial charge on any atom is 0.184 e. The molecule has 326 valence electrons. The van der Waals surface area contributed by atoms with Gasteiger partial charge in [0.05, 0.1) is 22.2 Å². The van der Waals surface area contributed by atoms with E-state index in [0.717, 1.165) is 85.8 Å². The lowest BCUT2D eigenvalue weighted by molar-refractivity contribution is -0.0441. The van der Waals surface area contributed by atoms with Crippen LogP contribution in [0, 0.1) is 0 Å². The Morgan fingerprint density at radius 2 is 1.03 bits per heavy atom. The van der Waals surface area contributed by atoms with E-state index in [-0.39, 0.29) is 6.29 Å². The number of carbonyl (C=O) groups is 2. The van der Waals surface area contributed by atoms with Crippen molar-refractivity contribution in [2.24, 2.45) is 0 Å². The number of ether oxygens (including phenoxy) is 5. The van der Waals surface area contributed by atoms with Crippen LogP contribution < -0.4 is 14.2 Å². The average molecular weight is 975 g/mol. The summed E-state index contributed by atoms with van der Waals surface area (Å²) in [5.41, 5.74) is 9.46. The molecule has 0 aliphatic carbocycles. The molecule has 7 nitrogen and oxygen atoms in total. The molecule has 0 N–H and O–H groups in total. The highest BCUT2D eigenvalue weighted by Gasteiger charge is 2.19. The molecule has 1 aliphatic heterocycles. The molecule has 6 aromatic carbocycles. The molecule has 0 spiro atoms. The number of aldehydes is 2. The van der Waals surface area contributed by atoms with Crippen LogP contribution in [0.5, 0.6) is 17.2 Å². The minimum absolute atomic E-state index is 0.255. The predicted octanol–water partition coefficient (Wildman–Crippen LogP) is 14.2. The van der Waals surface area contributed by atoms with Crippen molar-refractivity contribution in [1.29, 1.82) is 0 Å². The van der Waals surface area contributed by atoms with Gasteiger partial charge in [0.2, 0.25) is 0 Å². The summed E-state index contributed by atoms with van der Waals surface area (Å²) in [4.78, 5) is 21.7. The number of allylic oxidation sites excluding steroid dienone is 4. The van der Waals surface area contributed by atoms with Gasteiger partial charge in [-0.15, -0.1) is 0 Å². The maximum atomic E-state index is 11.1. The van der Waals surface area contributed by atoms with Crippen LogP contribution in [0.4, 0.5) is 0 Å². The Balaban J connectivity index is 0.000000182. The summed E-state index contributed by atoms with van der Waals surface area (Å²) in [5.74, 6) is 2.39. The van der Waals surface area contributed by atoms with Crippen LogP contribution in [0.3, 0.4) is 0 Å². The fourth-order valence-corrected chi connectivity index (χ4v) is 7.21. The molecular formula is C54H54Br2O7. The number of rotatable bonds is 17. The molecule has 1 aliphatic rings. The van der Waals surface area contributed by atoms with Crippen molar-refractivity contribution in [2.45, 2.75) is 66.1 Å². The molecule has 0 bridgehead atoms. The first-order valence-corrected chi connectivity index (χ1v) is 22.4. The van der Waals surface area contributed by atoms with Gasteiger partial charge in [-0.05, 0) is 143 Å². The molecule has 1 heterocycles. The van der Waals surface area contributed by atoms with Gasteiger partial charge in [-0.1, -0.05) is 120 Å². The third kappa shape index (κ3) is 17.2. The van der Waals surface area contributed by atoms with E-state index in [4.69, 9.17) is 23.7 Å². The zero-order valence-corrected chi connectivity index (χ0v) is 39.2. The summed E-state index contributed by atoms with van der Waals surface area (Å²) in [7, 11) is 0. The maximum absolute atomic E-state index is 11.1. The SMILES string of the molecule is Brc1cc(C2OCCO2)ccc1OCc1ccccc1.CC(C)=CCC/C(C)=C/Cc1cc(C=O)ccc1OCc1ccccc1.O=Cc1ccc(OCc2ccccc2)c(Br)c1. The van der Waals surface area contributed by atoms with Gasteiger partial charge in [0.15, 0.2) is 6.29 Å². The number of carbonyl (C=O) groups excluding carboxylic acids is 2. The van der Waals surface area contributed by atoms with Crippen molar-refractivity contribution in [3.05, 3.63) is 217 Å². The summed E-state index contributed by atoms with van der Waals surface area (Å²) in [6.45, 7) is 9.29. The Hall–Kier alpha value is -5.58. The largest absolute Gasteiger partial charge is 0.489 e. The predicted molar refractivity (Wildman–Crippen MR) is 259 cm³/mol. The normalized spacial score (nSPS) is 12.2. The van der Waals surface area contributed by atoms with E-state index in [1.807, 2.05) is 127 Å². The van der Waals surface area contributed by atoms with Crippen molar-refractivity contribution in [2.75, 3.05) is 13.2 Å². The number of hydrogen-bond donors (Lipinski definition) is 0. The number of halogens is 2. The molecule has 0 amide bonds. The fraction of sp³-hybridized carbons (Fsp3) is 0.222. The lowest BCUT2D eigenvalue weighted by Gasteiger charge is -2.13. The summed E-state index contributed by atoms with van der Waals surface area (Å²) in [5, 5.41) is 0. The molecule has 0 saturated carbocycles. The molecule has 6 aromatic rings. The van der Waals surface area contributed by atoms with Gasteiger partial charge in [-0.2, -0.15) is 0 Å². The highest BCUT2D eigenvalue weighted by Crippen LogP contribution is 2.32. The van der Waals surface area contributed by atoms with E-state index in [1.165, 1.54) is 11.1 Å². The van der Waals surface area contributed by atoms with Crippen molar-refractivity contribution in [1.82, 2.24) is 0 Å². The van der Waals surface area contributed by atoms with E-state index >= 15 is 0 Å². The van der Waals surface area contributed by atoms with E-state index in [1.54, 1.807) is 18.2 Å². The monoisotopic (exact) mass is 972 g/mol. The molecule has 1 fully saturated rings. The number of hydrogen-bond acceptors (Lipinski definition) is 7. The van der Waals surface area contributed by atoms with Crippen LogP contribution >= 0.6 is 31.9 Å². The second-order valence-corrected chi connectivity index (χ2v) is 16.7. The second kappa shape index (κ2) is 26.8. The van der Waals surface area contributed by atoms with Crippen LogP contribution in [-0.4, -0.2) is 25.8 Å². The first-order chi connectivity index (χ1) is 30.7. The highest BCUT2D eigenvalue weighted by molar-refractivity contribution is 9.11. The smallest absolute Gasteiger partial charge is 0.184 e.